The first-order valence-corrected chi connectivity index (χ1v) is 4.50. The second-order valence-electron chi connectivity index (χ2n) is 3.21. The van der Waals surface area contributed by atoms with Crippen molar-refractivity contribution in [1.29, 1.82) is 0 Å². The summed E-state index contributed by atoms with van der Waals surface area (Å²) in [5.41, 5.74) is 0. The van der Waals surface area contributed by atoms with Crippen molar-refractivity contribution in [3.05, 3.63) is 12.2 Å². The van der Waals surface area contributed by atoms with Gasteiger partial charge in [-0.15, -0.1) is 0 Å². The van der Waals surface area contributed by atoms with E-state index in [1.54, 1.807) is 0 Å². The summed E-state index contributed by atoms with van der Waals surface area (Å²) in [7, 11) is 0. The van der Waals surface area contributed by atoms with Crippen molar-refractivity contribution < 1.29 is 9.53 Å². The number of allylic oxidation sites excluding steroid dienone is 1. The van der Waals surface area contributed by atoms with Gasteiger partial charge >= 0.3 is 5.97 Å². The Morgan fingerprint density at radius 1 is 1.50 bits per heavy atom. The van der Waals surface area contributed by atoms with Gasteiger partial charge < -0.3 is 4.74 Å². The molecule has 0 aromatic carbocycles. The fourth-order valence-electron chi connectivity index (χ4n) is 0.643. The van der Waals surface area contributed by atoms with Gasteiger partial charge in [-0.1, -0.05) is 33.3 Å². The Labute approximate surface area is 74.6 Å². The van der Waals surface area contributed by atoms with E-state index in [1.807, 2.05) is 19.9 Å². The summed E-state index contributed by atoms with van der Waals surface area (Å²) >= 11 is 0. The molecule has 2 nitrogen and oxygen atoms in total. The highest BCUT2D eigenvalue weighted by atomic mass is 16.5. The largest absolute Gasteiger partial charge is 0.462 e. The Morgan fingerprint density at radius 2 is 2.17 bits per heavy atom. The van der Waals surface area contributed by atoms with Gasteiger partial charge in [-0.05, 0) is 12.3 Å². The molecular weight excluding hydrogens is 152 g/mol. The van der Waals surface area contributed by atoms with Gasteiger partial charge in [-0.2, -0.15) is 0 Å². The molecular formula is C10H18O2. The van der Waals surface area contributed by atoms with Crippen LogP contribution in [0.1, 0.15) is 33.6 Å². The molecule has 0 aliphatic carbocycles. The van der Waals surface area contributed by atoms with Crippen LogP contribution < -0.4 is 0 Å². The van der Waals surface area contributed by atoms with Gasteiger partial charge in [0.2, 0.25) is 0 Å². The SMILES string of the molecule is CCCC=CC(=O)OCC(C)C. The third kappa shape index (κ3) is 7.32. The Morgan fingerprint density at radius 3 is 2.67 bits per heavy atom. The molecule has 0 spiro atoms. The van der Waals surface area contributed by atoms with Crippen LogP contribution in [0.15, 0.2) is 12.2 Å². The molecule has 0 rings (SSSR count). The van der Waals surface area contributed by atoms with E-state index in [4.69, 9.17) is 4.74 Å². The standard InChI is InChI=1S/C10H18O2/c1-4-5-6-7-10(11)12-8-9(2)3/h6-7,9H,4-5,8H2,1-3H3. The van der Waals surface area contributed by atoms with Crippen molar-refractivity contribution in [2.75, 3.05) is 6.61 Å². The summed E-state index contributed by atoms with van der Waals surface area (Å²) in [5, 5.41) is 0. The molecule has 0 fully saturated rings. The van der Waals surface area contributed by atoms with Crippen LogP contribution in [0.2, 0.25) is 0 Å². The predicted molar refractivity (Wildman–Crippen MR) is 49.8 cm³/mol. The molecule has 0 saturated carbocycles. The smallest absolute Gasteiger partial charge is 0.330 e. The first-order chi connectivity index (χ1) is 5.66. The molecule has 0 aliphatic rings. The van der Waals surface area contributed by atoms with E-state index in [2.05, 4.69) is 6.92 Å². The zero-order valence-electron chi connectivity index (χ0n) is 8.17. The number of carbonyl (C=O) groups is 1. The highest BCUT2D eigenvalue weighted by Crippen LogP contribution is 1.94. The molecule has 0 amide bonds. The first kappa shape index (κ1) is 11.2. The van der Waals surface area contributed by atoms with E-state index in [-0.39, 0.29) is 5.97 Å². The van der Waals surface area contributed by atoms with E-state index in [1.165, 1.54) is 6.08 Å². The van der Waals surface area contributed by atoms with Gasteiger partial charge in [0.15, 0.2) is 0 Å². The second-order valence-corrected chi connectivity index (χ2v) is 3.21. The van der Waals surface area contributed by atoms with Crippen LogP contribution in [-0.4, -0.2) is 12.6 Å². The number of carbonyl (C=O) groups excluding carboxylic acids is 1. The second kappa shape index (κ2) is 6.89. The lowest BCUT2D eigenvalue weighted by molar-refractivity contribution is -0.138. The van der Waals surface area contributed by atoms with Gasteiger partial charge in [0.1, 0.15) is 0 Å². The van der Waals surface area contributed by atoms with Crippen LogP contribution in [0.3, 0.4) is 0 Å². The van der Waals surface area contributed by atoms with E-state index in [0.717, 1.165) is 12.8 Å². The van der Waals surface area contributed by atoms with Gasteiger partial charge in [0.25, 0.3) is 0 Å². The van der Waals surface area contributed by atoms with E-state index < -0.39 is 0 Å². The highest BCUT2D eigenvalue weighted by molar-refractivity contribution is 5.81. The number of rotatable bonds is 5. The van der Waals surface area contributed by atoms with Gasteiger partial charge in [-0.3, -0.25) is 0 Å². The quantitative estimate of drug-likeness (QED) is 0.468. The van der Waals surface area contributed by atoms with Crippen molar-refractivity contribution in [2.24, 2.45) is 5.92 Å². The van der Waals surface area contributed by atoms with Crippen molar-refractivity contribution >= 4 is 5.97 Å². The van der Waals surface area contributed by atoms with Gasteiger partial charge in [0.05, 0.1) is 6.61 Å². The van der Waals surface area contributed by atoms with Crippen molar-refractivity contribution in [1.82, 2.24) is 0 Å². The summed E-state index contributed by atoms with van der Waals surface area (Å²) in [6.07, 6.45) is 5.36. The van der Waals surface area contributed by atoms with E-state index in [9.17, 15) is 4.79 Å². The number of hydrogen-bond acceptors (Lipinski definition) is 2. The summed E-state index contributed by atoms with van der Waals surface area (Å²) in [5.74, 6) is 0.186. The summed E-state index contributed by atoms with van der Waals surface area (Å²) < 4.78 is 4.92. The molecule has 0 aromatic heterocycles. The van der Waals surface area contributed by atoms with Crippen LogP contribution in [0.5, 0.6) is 0 Å². The molecule has 12 heavy (non-hydrogen) atoms. The maximum absolute atomic E-state index is 10.9. The fourth-order valence-corrected chi connectivity index (χ4v) is 0.643. The molecule has 0 aliphatic heterocycles. The number of esters is 1. The Balaban J connectivity index is 3.46. The number of hydrogen-bond donors (Lipinski definition) is 0. The third-order valence-electron chi connectivity index (χ3n) is 1.27. The molecule has 0 bridgehead atoms. The molecule has 0 atom stereocenters. The van der Waals surface area contributed by atoms with Crippen molar-refractivity contribution in [3.63, 3.8) is 0 Å². The zero-order valence-corrected chi connectivity index (χ0v) is 8.17. The molecule has 0 saturated heterocycles. The average molecular weight is 170 g/mol. The topological polar surface area (TPSA) is 26.3 Å². The minimum Gasteiger partial charge on any atom is -0.462 e. The predicted octanol–water partition coefficient (Wildman–Crippen LogP) is 2.54. The zero-order chi connectivity index (χ0) is 9.40. The summed E-state index contributed by atoms with van der Waals surface area (Å²) in [4.78, 5) is 10.9. The normalized spacial score (nSPS) is 11.0. The summed E-state index contributed by atoms with van der Waals surface area (Å²) in [6, 6.07) is 0. The monoisotopic (exact) mass is 170 g/mol. The third-order valence-corrected chi connectivity index (χ3v) is 1.27. The van der Waals surface area contributed by atoms with E-state index >= 15 is 0 Å². The minimum atomic E-state index is -0.225. The lowest BCUT2D eigenvalue weighted by Gasteiger charge is -2.03. The summed E-state index contributed by atoms with van der Waals surface area (Å²) in [6.45, 7) is 6.62. The average Bonchev–Trinajstić information content (AvgIpc) is 2.01. The molecule has 0 unspecified atom stereocenters. The van der Waals surface area contributed by atoms with E-state index in [0.29, 0.717) is 12.5 Å². The molecule has 0 heterocycles. The van der Waals surface area contributed by atoms with Crippen LogP contribution in [0, 0.1) is 5.92 Å². The number of unbranched alkanes of at least 4 members (excludes halogenated alkanes) is 1. The van der Waals surface area contributed by atoms with Crippen LogP contribution in [-0.2, 0) is 9.53 Å². The Kier molecular flexibility index (Phi) is 6.44. The molecule has 2 heteroatoms. The molecule has 0 aromatic rings. The minimum absolute atomic E-state index is 0.225. The number of ether oxygens (including phenoxy) is 1. The lowest BCUT2D eigenvalue weighted by Crippen LogP contribution is -2.06. The highest BCUT2D eigenvalue weighted by Gasteiger charge is 1.98. The Bertz CT molecular complexity index is 148. The van der Waals surface area contributed by atoms with Crippen LogP contribution in [0.4, 0.5) is 0 Å². The maximum Gasteiger partial charge on any atom is 0.330 e. The van der Waals surface area contributed by atoms with Crippen molar-refractivity contribution in [3.8, 4) is 0 Å². The van der Waals surface area contributed by atoms with Gasteiger partial charge in [-0.25, -0.2) is 4.79 Å². The van der Waals surface area contributed by atoms with Crippen LogP contribution >= 0.6 is 0 Å². The molecule has 0 N–H and O–H groups in total. The molecule has 0 radical (unpaired) electrons. The maximum atomic E-state index is 10.9. The first-order valence-electron chi connectivity index (χ1n) is 4.50. The van der Waals surface area contributed by atoms with Crippen LogP contribution in [0.25, 0.3) is 0 Å². The van der Waals surface area contributed by atoms with Crippen molar-refractivity contribution in [2.45, 2.75) is 33.6 Å². The van der Waals surface area contributed by atoms with Gasteiger partial charge in [0, 0.05) is 6.08 Å². The molecule has 70 valence electrons. The lowest BCUT2D eigenvalue weighted by atomic mass is 10.2. The fraction of sp³-hybridized carbons (Fsp3) is 0.700. The Hall–Kier alpha value is -0.790.